The zero-order valence-corrected chi connectivity index (χ0v) is 13.1. The van der Waals surface area contributed by atoms with Crippen LogP contribution >= 0.6 is 27.5 Å². The Hall–Kier alpha value is -0.970. The Morgan fingerprint density at radius 1 is 1.15 bits per heavy atom. The van der Waals surface area contributed by atoms with Crippen molar-refractivity contribution >= 4 is 27.5 Å². The van der Waals surface area contributed by atoms with Crippen molar-refractivity contribution in [3.63, 3.8) is 0 Å². The van der Waals surface area contributed by atoms with Crippen LogP contribution < -0.4 is 5.73 Å². The molecule has 2 aromatic carbocycles. The van der Waals surface area contributed by atoms with E-state index < -0.39 is 11.4 Å². The minimum Gasteiger partial charge on any atom is -0.321 e. The van der Waals surface area contributed by atoms with Gasteiger partial charge in [-0.3, -0.25) is 0 Å². The molecule has 0 saturated carbocycles. The summed E-state index contributed by atoms with van der Waals surface area (Å²) >= 11 is 9.05. The Bertz CT molecular complexity index is 627. The number of hydrogen-bond acceptors (Lipinski definition) is 1. The minimum atomic E-state index is -0.938. The standard InChI is InChI=1S/C15H13BrClF2N/c1-15(20,8-9-2-4-10(18)5-3-9)11-6-7-12(16)13(17)14(11)19/h2-7H,8,20H2,1H3. The summed E-state index contributed by atoms with van der Waals surface area (Å²) in [5.74, 6) is -0.849. The third-order valence-corrected chi connectivity index (χ3v) is 4.39. The van der Waals surface area contributed by atoms with Crippen LogP contribution in [-0.2, 0) is 12.0 Å². The first-order valence-corrected chi connectivity index (χ1v) is 7.15. The molecule has 1 nitrogen and oxygen atoms in total. The molecule has 20 heavy (non-hydrogen) atoms. The molecule has 0 bridgehead atoms. The third kappa shape index (κ3) is 3.19. The maximum absolute atomic E-state index is 14.2. The smallest absolute Gasteiger partial charge is 0.147 e. The summed E-state index contributed by atoms with van der Waals surface area (Å²) in [7, 11) is 0. The Kier molecular flexibility index (Phi) is 4.47. The van der Waals surface area contributed by atoms with Gasteiger partial charge in [-0.25, -0.2) is 8.78 Å². The van der Waals surface area contributed by atoms with E-state index in [-0.39, 0.29) is 10.8 Å². The maximum atomic E-state index is 14.2. The highest BCUT2D eigenvalue weighted by Crippen LogP contribution is 2.33. The first-order chi connectivity index (χ1) is 9.31. The van der Waals surface area contributed by atoms with Crippen LogP contribution in [0.3, 0.4) is 0 Å². The second kappa shape index (κ2) is 5.80. The van der Waals surface area contributed by atoms with Crippen LogP contribution in [0.2, 0.25) is 5.02 Å². The average Bonchev–Trinajstić information content (AvgIpc) is 2.38. The van der Waals surface area contributed by atoms with Crippen LogP contribution in [0.25, 0.3) is 0 Å². The van der Waals surface area contributed by atoms with Gasteiger partial charge < -0.3 is 5.73 Å². The first kappa shape index (κ1) is 15.4. The lowest BCUT2D eigenvalue weighted by molar-refractivity contribution is 0.457. The van der Waals surface area contributed by atoms with E-state index in [1.165, 1.54) is 12.1 Å². The van der Waals surface area contributed by atoms with Gasteiger partial charge in [-0.2, -0.15) is 0 Å². The SMILES string of the molecule is CC(N)(Cc1ccc(F)cc1)c1ccc(Br)c(Cl)c1F. The molecule has 1 unspecified atom stereocenters. The molecule has 0 saturated heterocycles. The van der Waals surface area contributed by atoms with Crippen LogP contribution in [0.4, 0.5) is 8.78 Å². The van der Waals surface area contributed by atoms with Crippen molar-refractivity contribution in [1.82, 2.24) is 0 Å². The number of benzene rings is 2. The van der Waals surface area contributed by atoms with Crippen molar-refractivity contribution in [2.75, 3.05) is 0 Å². The van der Waals surface area contributed by atoms with Gasteiger partial charge >= 0.3 is 0 Å². The second-order valence-corrected chi connectivity index (χ2v) is 6.18. The van der Waals surface area contributed by atoms with Gasteiger partial charge in [0.1, 0.15) is 11.6 Å². The van der Waals surface area contributed by atoms with Gasteiger partial charge in [-0.05, 0) is 53.0 Å². The summed E-state index contributed by atoms with van der Waals surface area (Å²) in [6, 6.07) is 9.26. The van der Waals surface area contributed by atoms with Gasteiger partial charge in [-0.1, -0.05) is 29.8 Å². The molecule has 0 aromatic heterocycles. The third-order valence-electron chi connectivity index (χ3n) is 3.14. The van der Waals surface area contributed by atoms with Gasteiger partial charge in [-0.15, -0.1) is 0 Å². The van der Waals surface area contributed by atoms with Crippen LogP contribution in [0.15, 0.2) is 40.9 Å². The van der Waals surface area contributed by atoms with E-state index in [2.05, 4.69) is 15.9 Å². The van der Waals surface area contributed by atoms with E-state index in [9.17, 15) is 8.78 Å². The van der Waals surface area contributed by atoms with Crippen LogP contribution in [0, 0.1) is 11.6 Å². The molecule has 106 valence electrons. The molecule has 0 amide bonds. The Morgan fingerprint density at radius 2 is 1.75 bits per heavy atom. The summed E-state index contributed by atoms with van der Waals surface area (Å²) < 4.78 is 27.6. The van der Waals surface area contributed by atoms with Crippen LogP contribution in [-0.4, -0.2) is 0 Å². The second-order valence-electron chi connectivity index (χ2n) is 4.94. The highest BCUT2D eigenvalue weighted by Gasteiger charge is 2.27. The summed E-state index contributed by atoms with van der Waals surface area (Å²) in [4.78, 5) is 0. The Labute approximate surface area is 129 Å². The highest BCUT2D eigenvalue weighted by atomic mass is 79.9. The molecule has 2 aromatic rings. The number of rotatable bonds is 3. The Morgan fingerprint density at radius 3 is 2.35 bits per heavy atom. The van der Waals surface area contributed by atoms with Crippen molar-refractivity contribution in [1.29, 1.82) is 0 Å². The fraction of sp³-hybridized carbons (Fsp3) is 0.200. The molecule has 0 aliphatic rings. The Balaban J connectivity index is 2.35. The summed E-state index contributed by atoms with van der Waals surface area (Å²) in [5, 5.41) is 0.0123. The number of hydrogen-bond donors (Lipinski definition) is 1. The predicted octanol–water partition coefficient (Wildman–Crippen LogP) is 4.80. The quantitative estimate of drug-likeness (QED) is 0.782. The fourth-order valence-electron chi connectivity index (χ4n) is 2.09. The summed E-state index contributed by atoms with van der Waals surface area (Å²) in [5.41, 5.74) is 6.44. The molecule has 0 aliphatic carbocycles. The van der Waals surface area contributed by atoms with E-state index >= 15 is 0 Å². The van der Waals surface area contributed by atoms with E-state index in [0.29, 0.717) is 16.5 Å². The van der Waals surface area contributed by atoms with Gasteiger partial charge in [0.25, 0.3) is 0 Å². The molecule has 1 atom stereocenters. The largest absolute Gasteiger partial charge is 0.321 e. The number of halogens is 4. The maximum Gasteiger partial charge on any atom is 0.147 e. The van der Waals surface area contributed by atoms with Gasteiger partial charge in [0.05, 0.1) is 5.02 Å². The number of nitrogens with two attached hydrogens (primary N) is 1. The molecular formula is C15H13BrClF2N. The lowest BCUT2D eigenvalue weighted by atomic mass is 9.86. The van der Waals surface area contributed by atoms with E-state index in [4.69, 9.17) is 17.3 Å². The molecule has 0 radical (unpaired) electrons. The normalized spacial score (nSPS) is 14.1. The zero-order chi connectivity index (χ0) is 14.9. The highest BCUT2D eigenvalue weighted by molar-refractivity contribution is 9.10. The predicted molar refractivity (Wildman–Crippen MR) is 80.8 cm³/mol. The van der Waals surface area contributed by atoms with Gasteiger partial charge in [0.15, 0.2) is 0 Å². The molecule has 0 heterocycles. The average molecular weight is 361 g/mol. The summed E-state index contributed by atoms with van der Waals surface area (Å²) in [6.07, 6.45) is 0.377. The summed E-state index contributed by atoms with van der Waals surface area (Å²) in [6.45, 7) is 1.72. The van der Waals surface area contributed by atoms with E-state index in [1.54, 1.807) is 31.2 Å². The molecular weight excluding hydrogens is 348 g/mol. The van der Waals surface area contributed by atoms with Crippen LogP contribution in [0.5, 0.6) is 0 Å². The van der Waals surface area contributed by atoms with Crippen molar-refractivity contribution < 1.29 is 8.78 Å². The monoisotopic (exact) mass is 359 g/mol. The van der Waals surface area contributed by atoms with Crippen LogP contribution in [0.1, 0.15) is 18.1 Å². The molecule has 0 aliphatic heterocycles. The zero-order valence-electron chi connectivity index (χ0n) is 10.8. The van der Waals surface area contributed by atoms with Gasteiger partial charge in [0.2, 0.25) is 0 Å². The lowest BCUT2D eigenvalue weighted by Gasteiger charge is -2.26. The molecule has 0 spiro atoms. The van der Waals surface area contributed by atoms with Crippen molar-refractivity contribution in [3.8, 4) is 0 Å². The van der Waals surface area contributed by atoms with E-state index in [0.717, 1.165) is 5.56 Å². The molecule has 2 rings (SSSR count). The molecule has 0 fully saturated rings. The first-order valence-electron chi connectivity index (χ1n) is 5.98. The molecule has 2 N–H and O–H groups in total. The van der Waals surface area contributed by atoms with Crippen molar-refractivity contribution in [2.24, 2.45) is 5.73 Å². The van der Waals surface area contributed by atoms with Gasteiger partial charge in [0, 0.05) is 15.6 Å². The van der Waals surface area contributed by atoms with Crippen molar-refractivity contribution in [2.45, 2.75) is 18.9 Å². The minimum absolute atomic E-state index is 0.0123. The molecule has 5 heteroatoms. The lowest BCUT2D eigenvalue weighted by Crippen LogP contribution is -2.36. The van der Waals surface area contributed by atoms with Crippen molar-refractivity contribution in [3.05, 3.63) is 68.7 Å². The fourth-order valence-corrected chi connectivity index (χ4v) is 2.56. The van der Waals surface area contributed by atoms with E-state index in [1.807, 2.05) is 0 Å². The topological polar surface area (TPSA) is 26.0 Å².